The number of nitrogens with zero attached hydrogens (tertiary/aromatic N) is 1. The smallest absolute Gasteiger partial charge is 0.142 e. The maximum Gasteiger partial charge on any atom is 0.142 e. The second kappa shape index (κ2) is 6.71. The van der Waals surface area contributed by atoms with Gasteiger partial charge in [0, 0.05) is 0 Å². The molecule has 0 aromatic heterocycles. The summed E-state index contributed by atoms with van der Waals surface area (Å²) in [5, 5.41) is 13.1. The molecule has 0 saturated carbocycles. The molecule has 0 radical (unpaired) electrons. The molecule has 2 aromatic rings. The lowest BCUT2D eigenvalue weighted by molar-refractivity contribution is 0.130. The van der Waals surface area contributed by atoms with E-state index in [4.69, 9.17) is 9.94 Å². The van der Waals surface area contributed by atoms with Gasteiger partial charge >= 0.3 is 0 Å². The first-order valence-corrected chi connectivity index (χ1v) is 6.20. The summed E-state index contributed by atoms with van der Waals surface area (Å²) >= 11 is 0. The van der Waals surface area contributed by atoms with Crippen molar-refractivity contribution < 1.29 is 9.94 Å². The number of benzene rings is 2. The maximum atomic E-state index is 8.98. The molecule has 0 atom stereocenters. The molecule has 0 amide bonds. The molecule has 0 aliphatic rings. The number of hydrogen-bond donors (Lipinski definition) is 1. The van der Waals surface area contributed by atoms with Crippen LogP contribution in [0.25, 0.3) is 0 Å². The molecule has 0 aliphatic heterocycles. The van der Waals surface area contributed by atoms with E-state index >= 15 is 0 Å². The van der Waals surface area contributed by atoms with Crippen molar-refractivity contribution in [3.63, 3.8) is 0 Å². The van der Waals surface area contributed by atoms with Crippen molar-refractivity contribution in [2.45, 2.75) is 20.1 Å². The van der Waals surface area contributed by atoms with Crippen LogP contribution in [0.1, 0.15) is 23.6 Å². The summed E-state index contributed by atoms with van der Waals surface area (Å²) in [5.41, 5.74) is 3.79. The largest absolute Gasteiger partial charge is 0.392 e. The molecule has 0 unspecified atom stereocenters. The van der Waals surface area contributed by atoms with Gasteiger partial charge in [0.25, 0.3) is 0 Å². The summed E-state index contributed by atoms with van der Waals surface area (Å²) in [5.74, 6) is 0. The first kappa shape index (κ1) is 13.3. The molecule has 3 heteroatoms. The zero-order valence-corrected chi connectivity index (χ0v) is 10.9. The first-order chi connectivity index (χ1) is 9.29. The lowest BCUT2D eigenvalue weighted by Gasteiger charge is -2.03. The van der Waals surface area contributed by atoms with E-state index in [2.05, 4.69) is 5.16 Å². The van der Waals surface area contributed by atoms with E-state index in [0.717, 1.165) is 22.4 Å². The summed E-state index contributed by atoms with van der Waals surface area (Å²) in [4.78, 5) is 5.33. The van der Waals surface area contributed by atoms with E-state index in [1.54, 1.807) is 0 Å². The number of aliphatic hydroxyl groups is 1. The number of aliphatic hydroxyl groups excluding tert-OH is 1. The Hall–Kier alpha value is -2.13. The third kappa shape index (κ3) is 3.93. The van der Waals surface area contributed by atoms with Crippen molar-refractivity contribution in [2.75, 3.05) is 0 Å². The fraction of sp³-hybridized carbons (Fsp3) is 0.188. The summed E-state index contributed by atoms with van der Waals surface area (Å²) in [6.07, 6.45) is 0. The third-order valence-electron chi connectivity index (χ3n) is 2.83. The number of oxime groups is 1. The zero-order chi connectivity index (χ0) is 13.5. The molecule has 0 heterocycles. The van der Waals surface area contributed by atoms with Gasteiger partial charge in [0.2, 0.25) is 0 Å². The van der Waals surface area contributed by atoms with E-state index in [1.165, 1.54) is 0 Å². The van der Waals surface area contributed by atoms with Crippen LogP contribution >= 0.6 is 0 Å². The van der Waals surface area contributed by atoms with Gasteiger partial charge in [-0.3, -0.25) is 0 Å². The summed E-state index contributed by atoms with van der Waals surface area (Å²) in [6, 6.07) is 17.5. The molecule has 0 spiro atoms. The van der Waals surface area contributed by atoms with Crippen molar-refractivity contribution in [2.24, 2.45) is 5.16 Å². The first-order valence-electron chi connectivity index (χ1n) is 6.20. The lowest BCUT2D eigenvalue weighted by atomic mass is 10.1. The van der Waals surface area contributed by atoms with E-state index in [-0.39, 0.29) is 6.61 Å². The Labute approximate surface area is 113 Å². The van der Waals surface area contributed by atoms with Crippen LogP contribution in [0.4, 0.5) is 0 Å². The normalized spacial score (nSPS) is 11.4. The van der Waals surface area contributed by atoms with Crippen LogP contribution in [0.15, 0.2) is 59.8 Å². The third-order valence-corrected chi connectivity index (χ3v) is 2.83. The van der Waals surface area contributed by atoms with Gasteiger partial charge in [-0.05, 0) is 23.6 Å². The van der Waals surface area contributed by atoms with Gasteiger partial charge in [-0.25, -0.2) is 0 Å². The van der Waals surface area contributed by atoms with E-state index in [0.29, 0.717) is 6.61 Å². The molecular weight excluding hydrogens is 238 g/mol. The van der Waals surface area contributed by atoms with E-state index < -0.39 is 0 Å². The quantitative estimate of drug-likeness (QED) is 0.659. The highest BCUT2D eigenvalue weighted by Gasteiger charge is 1.98. The second-order valence-electron chi connectivity index (χ2n) is 4.29. The van der Waals surface area contributed by atoms with Crippen molar-refractivity contribution in [1.29, 1.82) is 0 Å². The summed E-state index contributed by atoms with van der Waals surface area (Å²) in [6.45, 7) is 2.42. The van der Waals surface area contributed by atoms with Crippen molar-refractivity contribution in [3.05, 3.63) is 71.3 Å². The van der Waals surface area contributed by atoms with Crippen LogP contribution in [0.2, 0.25) is 0 Å². The molecular formula is C16H17NO2. The molecule has 0 aliphatic carbocycles. The van der Waals surface area contributed by atoms with Gasteiger partial charge < -0.3 is 9.94 Å². The molecule has 1 N–H and O–H groups in total. The maximum absolute atomic E-state index is 8.98. The van der Waals surface area contributed by atoms with E-state index in [9.17, 15) is 0 Å². The van der Waals surface area contributed by atoms with Crippen LogP contribution in [0, 0.1) is 0 Å². The van der Waals surface area contributed by atoms with Gasteiger partial charge in [0.05, 0.1) is 12.3 Å². The van der Waals surface area contributed by atoms with Gasteiger partial charge in [0.15, 0.2) is 0 Å². The Kier molecular flexibility index (Phi) is 4.70. The molecule has 2 aromatic carbocycles. The number of rotatable bonds is 5. The Bertz CT molecular complexity index is 532. The van der Waals surface area contributed by atoms with Crippen LogP contribution in [0.3, 0.4) is 0 Å². The van der Waals surface area contributed by atoms with Crippen molar-refractivity contribution >= 4 is 5.71 Å². The minimum Gasteiger partial charge on any atom is -0.392 e. The predicted octanol–water partition coefficient (Wildman–Crippen LogP) is 3.12. The fourth-order valence-electron chi connectivity index (χ4n) is 1.68. The standard InChI is InChI=1S/C16H17NO2/c1-13(16-9-7-14(11-18)8-10-16)17-19-12-15-5-3-2-4-6-15/h2-10,18H,11-12H2,1H3/b17-13+. The predicted molar refractivity (Wildman–Crippen MR) is 75.8 cm³/mol. The number of hydrogen-bond acceptors (Lipinski definition) is 3. The monoisotopic (exact) mass is 255 g/mol. The summed E-state index contributed by atoms with van der Waals surface area (Å²) in [7, 11) is 0. The molecule has 0 saturated heterocycles. The Morgan fingerprint density at radius 2 is 1.68 bits per heavy atom. The topological polar surface area (TPSA) is 41.8 Å². The minimum absolute atomic E-state index is 0.0565. The van der Waals surface area contributed by atoms with Gasteiger partial charge in [-0.15, -0.1) is 0 Å². The fourth-order valence-corrected chi connectivity index (χ4v) is 1.68. The Morgan fingerprint density at radius 3 is 2.32 bits per heavy atom. The van der Waals surface area contributed by atoms with Crippen LogP contribution in [0.5, 0.6) is 0 Å². The van der Waals surface area contributed by atoms with Crippen molar-refractivity contribution in [1.82, 2.24) is 0 Å². The molecule has 0 fully saturated rings. The van der Waals surface area contributed by atoms with Gasteiger partial charge in [-0.1, -0.05) is 59.8 Å². The van der Waals surface area contributed by atoms with E-state index in [1.807, 2.05) is 61.5 Å². The lowest BCUT2D eigenvalue weighted by Crippen LogP contribution is -1.97. The average Bonchev–Trinajstić information content (AvgIpc) is 2.48. The molecule has 0 bridgehead atoms. The second-order valence-corrected chi connectivity index (χ2v) is 4.29. The molecule has 3 nitrogen and oxygen atoms in total. The minimum atomic E-state index is 0.0565. The van der Waals surface area contributed by atoms with Gasteiger partial charge in [0.1, 0.15) is 6.61 Å². The van der Waals surface area contributed by atoms with Crippen LogP contribution < -0.4 is 0 Å². The highest BCUT2D eigenvalue weighted by atomic mass is 16.6. The van der Waals surface area contributed by atoms with Crippen LogP contribution in [-0.4, -0.2) is 10.8 Å². The van der Waals surface area contributed by atoms with Gasteiger partial charge in [-0.2, -0.15) is 0 Å². The van der Waals surface area contributed by atoms with Crippen molar-refractivity contribution in [3.8, 4) is 0 Å². The Morgan fingerprint density at radius 1 is 1.00 bits per heavy atom. The SMILES string of the molecule is C/C(=N\OCc1ccccc1)c1ccc(CO)cc1. The zero-order valence-electron chi connectivity index (χ0n) is 10.9. The molecule has 2 rings (SSSR count). The molecule has 19 heavy (non-hydrogen) atoms. The summed E-state index contributed by atoms with van der Waals surface area (Å²) < 4.78 is 0. The Balaban J connectivity index is 1.94. The highest BCUT2D eigenvalue weighted by molar-refractivity contribution is 5.98. The highest BCUT2D eigenvalue weighted by Crippen LogP contribution is 2.07. The molecule has 98 valence electrons. The average molecular weight is 255 g/mol. The van der Waals surface area contributed by atoms with Crippen LogP contribution in [-0.2, 0) is 18.1 Å².